The van der Waals surface area contributed by atoms with Gasteiger partial charge in [-0.1, -0.05) is 13.0 Å². The van der Waals surface area contributed by atoms with Gasteiger partial charge >= 0.3 is 0 Å². The number of amides is 2. The van der Waals surface area contributed by atoms with Crippen LogP contribution in [-0.2, 0) is 9.59 Å². The summed E-state index contributed by atoms with van der Waals surface area (Å²) >= 11 is 2.19. The van der Waals surface area contributed by atoms with E-state index >= 15 is 0 Å². The molecule has 148 valence electrons. The minimum Gasteiger partial charge on any atom is -0.486 e. The summed E-state index contributed by atoms with van der Waals surface area (Å²) in [7, 11) is 0. The fourth-order valence-corrected chi connectivity index (χ4v) is 3.32. The lowest BCUT2D eigenvalue weighted by molar-refractivity contribution is -0.119. The van der Waals surface area contributed by atoms with Gasteiger partial charge in [0.1, 0.15) is 13.2 Å². The van der Waals surface area contributed by atoms with E-state index < -0.39 is 0 Å². The third-order valence-electron chi connectivity index (χ3n) is 4.12. The van der Waals surface area contributed by atoms with E-state index in [0.29, 0.717) is 36.9 Å². The van der Waals surface area contributed by atoms with Crippen molar-refractivity contribution in [2.45, 2.75) is 6.92 Å². The van der Waals surface area contributed by atoms with Gasteiger partial charge in [0.05, 0.1) is 13.1 Å². The van der Waals surface area contributed by atoms with E-state index in [-0.39, 0.29) is 24.9 Å². The summed E-state index contributed by atoms with van der Waals surface area (Å²) in [4.78, 5) is 26.4. The third-order valence-corrected chi connectivity index (χ3v) is 4.79. The van der Waals surface area contributed by atoms with E-state index in [1.807, 2.05) is 31.2 Å². The molecule has 0 spiro atoms. The van der Waals surface area contributed by atoms with Crippen molar-refractivity contribution < 1.29 is 19.1 Å². The highest BCUT2D eigenvalue weighted by atomic mass is 127. The molecule has 2 aromatic carbocycles. The van der Waals surface area contributed by atoms with Crippen LogP contribution in [0.5, 0.6) is 11.5 Å². The number of benzene rings is 2. The summed E-state index contributed by atoms with van der Waals surface area (Å²) in [5, 5.41) is 5.70. The smallest absolute Gasteiger partial charge is 0.238 e. The van der Waals surface area contributed by atoms with Gasteiger partial charge in [-0.15, -0.1) is 0 Å². The predicted molar refractivity (Wildman–Crippen MR) is 116 cm³/mol. The zero-order valence-corrected chi connectivity index (χ0v) is 17.7. The number of carbonyl (C=O) groups is 2. The average Bonchev–Trinajstić information content (AvgIpc) is 2.67. The molecule has 0 unspecified atom stereocenters. The van der Waals surface area contributed by atoms with Crippen LogP contribution in [0.3, 0.4) is 0 Å². The number of carbonyl (C=O) groups excluding carboxylic acids is 2. The summed E-state index contributed by atoms with van der Waals surface area (Å²) in [6.07, 6.45) is 0. The number of nitrogens with zero attached hydrogens (tertiary/aromatic N) is 1. The van der Waals surface area contributed by atoms with E-state index in [4.69, 9.17) is 9.47 Å². The van der Waals surface area contributed by atoms with Crippen LogP contribution in [0.2, 0.25) is 0 Å². The number of rotatable bonds is 7. The van der Waals surface area contributed by atoms with Gasteiger partial charge in [-0.2, -0.15) is 0 Å². The van der Waals surface area contributed by atoms with E-state index in [0.717, 1.165) is 9.26 Å². The fraction of sp³-hybridized carbons (Fsp3) is 0.300. The zero-order valence-electron chi connectivity index (χ0n) is 15.5. The maximum atomic E-state index is 12.4. The average molecular weight is 495 g/mol. The van der Waals surface area contributed by atoms with Crippen LogP contribution in [0.1, 0.15) is 6.92 Å². The molecule has 2 aromatic rings. The molecule has 0 fully saturated rings. The number of likely N-dealkylation sites (N-methyl/N-ethyl adjacent to an activating group) is 1. The summed E-state index contributed by atoms with van der Waals surface area (Å²) in [6, 6.07) is 12.9. The molecule has 0 bridgehead atoms. The molecule has 1 aliphatic heterocycles. The van der Waals surface area contributed by atoms with Crippen LogP contribution >= 0.6 is 22.6 Å². The molecule has 0 saturated carbocycles. The maximum Gasteiger partial charge on any atom is 0.238 e. The molecule has 3 rings (SSSR count). The van der Waals surface area contributed by atoms with Crippen molar-refractivity contribution in [2.24, 2.45) is 0 Å². The lowest BCUT2D eigenvalue weighted by atomic mass is 10.2. The summed E-state index contributed by atoms with van der Waals surface area (Å²) in [5.41, 5.74) is 1.38. The number of halogens is 1. The van der Waals surface area contributed by atoms with Crippen molar-refractivity contribution in [2.75, 3.05) is 43.5 Å². The quantitative estimate of drug-likeness (QED) is 0.578. The molecule has 0 aliphatic carbocycles. The van der Waals surface area contributed by atoms with E-state index in [1.165, 1.54) is 0 Å². The highest BCUT2D eigenvalue weighted by Crippen LogP contribution is 2.32. The topological polar surface area (TPSA) is 79.9 Å². The van der Waals surface area contributed by atoms with Gasteiger partial charge in [0.15, 0.2) is 11.5 Å². The molecule has 0 saturated heterocycles. The zero-order chi connectivity index (χ0) is 19.9. The number of fused-ring (bicyclic) bond motifs is 1. The first-order valence-corrected chi connectivity index (χ1v) is 10.1. The summed E-state index contributed by atoms with van der Waals surface area (Å²) in [6.45, 7) is 3.75. The monoisotopic (exact) mass is 495 g/mol. The second-order valence-electron chi connectivity index (χ2n) is 6.27. The predicted octanol–water partition coefficient (Wildman–Crippen LogP) is 2.96. The third kappa shape index (κ3) is 5.83. The van der Waals surface area contributed by atoms with Gasteiger partial charge in [-0.05, 0) is 59.5 Å². The second kappa shape index (κ2) is 9.74. The van der Waals surface area contributed by atoms with Crippen LogP contribution in [0.25, 0.3) is 0 Å². The Morgan fingerprint density at radius 1 is 0.964 bits per heavy atom. The molecule has 0 aromatic heterocycles. The van der Waals surface area contributed by atoms with Crippen LogP contribution < -0.4 is 20.1 Å². The van der Waals surface area contributed by atoms with Crippen molar-refractivity contribution in [1.82, 2.24) is 4.90 Å². The SMILES string of the molecule is CCN(CC(=O)Nc1cccc(I)c1)CC(=O)Nc1ccc2c(c1)OCCO2. The standard InChI is InChI=1S/C20H22IN3O4/c1-2-24(12-19(25)22-15-5-3-4-14(21)10-15)13-20(26)23-16-6-7-17-18(11-16)28-9-8-27-17/h3-7,10-11H,2,8-9,12-13H2,1H3,(H,22,25)(H,23,26). The Morgan fingerprint density at radius 2 is 1.61 bits per heavy atom. The molecular weight excluding hydrogens is 473 g/mol. The highest BCUT2D eigenvalue weighted by molar-refractivity contribution is 14.1. The van der Waals surface area contributed by atoms with Gasteiger partial charge in [0.2, 0.25) is 11.8 Å². The van der Waals surface area contributed by atoms with Crippen molar-refractivity contribution in [1.29, 1.82) is 0 Å². The van der Waals surface area contributed by atoms with E-state index in [1.54, 1.807) is 23.1 Å². The molecular formula is C20H22IN3O4. The fourth-order valence-electron chi connectivity index (χ4n) is 2.77. The highest BCUT2D eigenvalue weighted by Gasteiger charge is 2.16. The van der Waals surface area contributed by atoms with Crippen LogP contribution in [0, 0.1) is 3.57 Å². The van der Waals surface area contributed by atoms with Crippen molar-refractivity contribution >= 4 is 45.8 Å². The van der Waals surface area contributed by atoms with Crippen molar-refractivity contribution in [3.63, 3.8) is 0 Å². The number of nitrogens with one attached hydrogen (secondary N) is 2. The van der Waals surface area contributed by atoms with Gasteiger partial charge < -0.3 is 20.1 Å². The van der Waals surface area contributed by atoms with Crippen molar-refractivity contribution in [3.8, 4) is 11.5 Å². The Morgan fingerprint density at radius 3 is 2.25 bits per heavy atom. The van der Waals surface area contributed by atoms with Crippen molar-refractivity contribution in [3.05, 3.63) is 46.0 Å². The second-order valence-corrected chi connectivity index (χ2v) is 7.51. The lowest BCUT2D eigenvalue weighted by Gasteiger charge is -2.21. The molecule has 1 heterocycles. The first-order valence-electron chi connectivity index (χ1n) is 9.01. The number of ether oxygens (including phenoxy) is 2. The first-order chi connectivity index (χ1) is 13.5. The van der Waals surface area contributed by atoms with Gasteiger partial charge in [0, 0.05) is 21.0 Å². The first kappa shape index (κ1) is 20.4. The van der Waals surface area contributed by atoms with Crippen LogP contribution in [0.15, 0.2) is 42.5 Å². The summed E-state index contributed by atoms with van der Waals surface area (Å²) in [5.74, 6) is 0.941. The Balaban J connectivity index is 1.52. The Bertz CT molecular complexity index is 859. The molecule has 28 heavy (non-hydrogen) atoms. The molecule has 2 N–H and O–H groups in total. The molecule has 0 radical (unpaired) electrons. The van der Waals surface area contributed by atoms with Crippen LogP contribution in [0.4, 0.5) is 11.4 Å². The minimum atomic E-state index is -0.194. The Hall–Kier alpha value is -2.33. The number of hydrogen-bond acceptors (Lipinski definition) is 5. The minimum absolute atomic E-state index is 0.116. The Kier molecular flexibility index (Phi) is 7.10. The van der Waals surface area contributed by atoms with Gasteiger partial charge in [0.25, 0.3) is 0 Å². The Labute approximate surface area is 177 Å². The maximum absolute atomic E-state index is 12.4. The number of anilines is 2. The van der Waals surface area contributed by atoms with E-state index in [9.17, 15) is 9.59 Å². The van der Waals surface area contributed by atoms with Crippen LogP contribution in [-0.4, -0.2) is 49.6 Å². The van der Waals surface area contributed by atoms with Gasteiger partial charge in [-0.3, -0.25) is 14.5 Å². The largest absolute Gasteiger partial charge is 0.486 e. The molecule has 0 atom stereocenters. The molecule has 7 nitrogen and oxygen atoms in total. The molecule has 2 amide bonds. The van der Waals surface area contributed by atoms with Gasteiger partial charge in [-0.25, -0.2) is 0 Å². The van der Waals surface area contributed by atoms with E-state index in [2.05, 4.69) is 33.2 Å². The lowest BCUT2D eigenvalue weighted by Crippen LogP contribution is -2.38. The molecule has 1 aliphatic rings. The normalized spacial score (nSPS) is 12.5. The summed E-state index contributed by atoms with van der Waals surface area (Å²) < 4.78 is 12.0. The number of hydrogen-bond donors (Lipinski definition) is 2. The molecule has 8 heteroatoms.